The van der Waals surface area contributed by atoms with Gasteiger partial charge in [-0.25, -0.2) is 23.1 Å². The first-order valence-electron chi connectivity index (χ1n) is 13.2. The zero-order valence-electron chi connectivity index (χ0n) is 23.0. The molecular formula is C26H41N5O4SSi. The van der Waals surface area contributed by atoms with E-state index in [2.05, 4.69) is 43.1 Å². The maximum absolute atomic E-state index is 12.6. The minimum absolute atomic E-state index is 0.00748. The van der Waals surface area contributed by atoms with Crippen LogP contribution in [-0.2, 0) is 14.8 Å². The smallest absolute Gasteiger partial charge is 0.244 e. The van der Waals surface area contributed by atoms with Crippen molar-refractivity contribution < 1.29 is 17.9 Å². The Morgan fingerprint density at radius 2 is 2.14 bits per heavy atom. The highest BCUT2D eigenvalue weighted by atomic mass is 32.2. The molecule has 0 radical (unpaired) electrons. The molecule has 4 rings (SSSR count). The number of likely N-dealkylation sites (tertiary alicyclic amines) is 1. The third-order valence-corrected chi connectivity index (χ3v) is 10.2. The number of rotatable bonds is 8. The Morgan fingerprint density at radius 1 is 1.35 bits per heavy atom. The third-order valence-electron chi connectivity index (χ3n) is 7.01. The molecule has 1 aromatic rings. The summed E-state index contributed by atoms with van der Waals surface area (Å²) in [6, 6.07) is 6.71. The molecule has 37 heavy (non-hydrogen) atoms. The number of sulfonamides is 1. The zero-order valence-corrected chi connectivity index (χ0v) is 24.8. The van der Waals surface area contributed by atoms with Gasteiger partial charge in [-0.1, -0.05) is 31.8 Å². The summed E-state index contributed by atoms with van der Waals surface area (Å²) >= 11 is 0. The molecule has 3 heterocycles. The largest absolute Gasteiger partial charge is 0.491 e. The molecule has 0 saturated carbocycles. The Bertz CT molecular complexity index is 1190. The number of nitrogens with zero attached hydrogens (tertiary/aromatic N) is 4. The summed E-state index contributed by atoms with van der Waals surface area (Å²) in [6.45, 7) is 15.9. The average molecular weight is 548 g/mol. The maximum atomic E-state index is 12.6. The van der Waals surface area contributed by atoms with Gasteiger partial charge in [-0.2, -0.15) is 5.10 Å². The van der Waals surface area contributed by atoms with Crippen molar-refractivity contribution in [3.8, 4) is 5.75 Å². The quantitative estimate of drug-likeness (QED) is 0.392. The molecule has 204 valence electrons. The number of allylic oxidation sites excluding steroid dienone is 1. The molecule has 1 fully saturated rings. The van der Waals surface area contributed by atoms with E-state index in [-0.39, 0.29) is 24.2 Å². The normalized spacial score (nSPS) is 25.2. The van der Waals surface area contributed by atoms with Crippen molar-refractivity contribution in [2.75, 3.05) is 33.0 Å². The predicted molar refractivity (Wildman–Crippen MR) is 151 cm³/mol. The van der Waals surface area contributed by atoms with Gasteiger partial charge in [-0.3, -0.25) is 4.90 Å². The number of benzene rings is 1. The summed E-state index contributed by atoms with van der Waals surface area (Å²) in [5.41, 5.74) is 2.42. The van der Waals surface area contributed by atoms with Crippen LogP contribution >= 0.6 is 0 Å². The van der Waals surface area contributed by atoms with Crippen LogP contribution in [0.2, 0.25) is 25.7 Å². The molecule has 1 saturated heterocycles. The molecule has 2 atom stereocenters. The minimum Gasteiger partial charge on any atom is -0.491 e. The summed E-state index contributed by atoms with van der Waals surface area (Å²) in [7, 11) is -4.82. The van der Waals surface area contributed by atoms with E-state index in [4.69, 9.17) is 19.6 Å². The topological polar surface area (TPSA) is 95.8 Å². The van der Waals surface area contributed by atoms with Crippen molar-refractivity contribution in [2.45, 2.75) is 76.4 Å². The number of hydrogen-bond acceptors (Lipinski definition) is 7. The fourth-order valence-electron chi connectivity index (χ4n) is 4.87. The van der Waals surface area contributed by atoms with Gasteiger partial charge in [0.25, 0.3) is 0 Å². The van der Waals surface area contributed by atoms with Gasteiger partial charge in [0.05, 0.1) is 0 Å². The van der Waals surface area contributed by atoms with Crippen molar-refractivity contribution in [3.63, 3.8) is 0 Å². The monoisotopic (exact) mass is 547 g/mol. The first kappa shape index (κ1) is 28.0. The second-order valence-corrected chi connectivity index (χ2v) is 18.5. The summed E-state index contributed by atoms with van der Waals surface area (Å²) in [4.78, 5) is 7.72. The number of hydrazone groups is 1. The number of fused-ring (bicyclic) bond motifs is 1. The van der Waals surface area contributed by atoms with Crippen molar-refractivity contribution in [1.29, 1.82) is 0 Å². The number of ether oxygens (including phenoxy) is 2. The Hall–Kier alpha value is -2.05. The molecule has 1 aromatic carbocycles. The van der Waals surface area contributed by atoms with Crippen molar-refractivity contribution >= 4 is 29.6 Å². The fraction of sp³-hybridized carbons (Fsp3) is 0.615. The average Bonchev–Trinajstić information content (AvgIpc) is 3.37. The van der Waals surface area contributed by atoms with Gasteiger partial charge in [0.1, 0.15) is 35.9 Å². The molecule has 3 aliphatic rings. The van der Waals surface area contributed by atoms with E-state index in [1.54, 1.807) is 18.2 Å². The lowest BCUT2D eigenvalue weighted by Crippen LogP contribution is -2.37. The lowest BCUT2D eigenvalue weighted by atomic mass is 10.0. The van der Waals surface area contributed by atoms with E-state index in [1.807, 2.05) is 18.0 Å². The Kier molecular flexibility index (Phi) is 8.59. The highest BCUT2D eigenvalue weighted by Gasteiger charge is 2.33. The molecule has 1 N–H and O–H groups in total. The standard InChI is InChI=1S/C26H41N5O4SSi/c1-7-22-25(21-10-11-24-23(17-21)35-14-12-27-36(24,32)33)29-31(18-34-15-16-37(4,5)6)26(22)28-20(3)30-13-8-9-19(30)2/h7,10-11,17,19-20,27H,8-9,12-16,18H2,1-6H3/b22-7-,28-26+/t19-,20?/m1/s1. The highest BCUT2D eigenvalue weighted by molar-refractivity contribution is 7.89. The lowest BCUT2D eigenvalue weighted by molar-refractivity contribution is 0.0759. The summed E-state index contributed by atoms with van der Waals surface area (Å²) in [6.07, 6.45) is 4.40. The number of aliphatic imine (C=N–C) groups is 1. The summed E-state index contributed by atoms with van der Waals surface area (Å²) in [5, 5.41) is 6.78. The first-order chi connectivity index (χ1) is 17.5. The van der Waals surface area contributed by atoms with Crippen LogP contribution in [0.5, 0.6) is 5.75 Å². The molecule has 11 heteroatoms. The van der Waals surface area contributed by atoms with Crippen LogP contribution in [0.25, 0.3) is 0 Å². The van der Waals surface area contributed by atoms with Crippen LogP contribution in [0.1, 0.15) is 39.2 Å². The molecule has 3 aliphatic heterocycles. The first-order valence-corrected chi connectivity index (χ1v) is 18.4. The van der Waals surface area contributed by atoms with E-state index in [9.17, 15) is 8.42 Å². The number of amidine groups is 1. The lowest BCUT2D eigenvalue weighted by Gasteiger charge is -2.27. The molecule has 0 aliphatic carbocycles. The summed E-state index contributed by atoms with van der Waals surface area (Å²) < 4.78 is 39.5. The van der Waals surface area contributed by atoms with Gasteiger partial charge >= 0.3 is 0 Å². The molecule has 9 nitrogen and oxygen atoms in total. The SMILES string of the molecule is C/C=C1/C(c2ccc3c(c2)OCCNS3(=O)=O)=NN(COCC[Si](C)(C)C)/C1=N/C(C)N1CCC[C@H]1C. The Balaban J connectivity index is 1.66. The van der Waals surface area contributed by atoms with Crippen LogP contribution in [-0.4, -0.2) is 83.2 Å². The van der Waals surface area contributed by atoms with Gasteiger partial charge in [0, 0.05) is 44.9 Å². The minimum atomic E-state index is -3.60. The van der Waals surface area contributed by atoms with E-state index >= 15 is 0 Å². The Morgan fingerprint density at radius 3 is 2.81 bits per heavy atom. The second-order valence-electron chi connectivity index (χ2n) is 11.1. The maximum Gasteiger partial charge on any atom is 0.244 e. The second kappa shape index (κ2) is 11.4. The van der Waals surface area contributed by atoms with Crippen LogP contribution < -0.4 is 9.46 Å². The van der Waals surface area contributed by atoms with Gasteiger partial charge < -0.3 is 9.47 Å². The van der Waals surface area contributed by atoms with Gasteiger partial charge in [0.15, 0.2) is 5.84 Å². The molecule has 0 amide bonds. The highest BCUT2D eigenvalue weighted by Crippen LogP contribution is 2.31. The van der Waals surface area contributed by atoms with Crippen molar-refractivity contribution in [1.82, 2.24) is 14.6 Å². The Labute approximate surface area is 222 Å². The molecule has 0 spiro atoms. The fourth-order valence-corrected chi connectivity index (χ4v) is 6.76. The zero-order chi connectivity index (χ0) is 26.8. The van der Waals surface area contributed by atoms with E-state index < -0.39 is 18.1 Å². The number of hydrogen-bond donors (Lipinski definition) is 1. The van der Waals surface area contributed by atoms with Crippen LogP contribution in [0.15, 0.2) is 44.8 Å². The molecule has 1 unspecified atom stereocenters. The van der Waals surface area contributed by atoms with Gasteiger partial charge in [-0.05, 0) is 51.8 Å². The third kappa shape index (κ3) is 6.51. The molecule has 0 aromatic heterocycles. The van der Waals surface area contributed by atoms with Gasteiger partial charge in [0.2, 0.25) is 10.0 Å². The van der Waals surface area contributed by atoms with Crippen LogP contribution in [0.4, 0.5) is 0 Å². The summed E-state index contributed by atoms with van der Waals surface area (Å²) in [5.74, 6) is 1.12. The van der Waals surface area contributed by atoms with Crippen LogP contribution in [0, 0.1) is 0 Å². The predicted octanol–water partition coefficient (Wildman–Crippen LogP) is 3.86. The van der Waals surface area contributed by atoms with Crippen LogP contribution in [0.3, 0.4) is 0 Å². The molecule has 0 bridgehead atoms. The van der Waals surface area contributed by atoms with Crippen molar-refractivity contribution in [2.24, 2.45) is 10.1 Å². The molecular weight excluding hydrogens is 506 g/mol. The van der Waals surface area contributed by atoms with E-state index in [0.717, 1.165) is 35.3 Å². The van der Waals surface area contributed by atoms with Gasteiger partial charge in [-0.15, -0.1) is 0 Å². The van der Waals surface area contributed by atoms with Crippen molar-refractivity contribution in [3.05, 3.63) is 35.4 Å². The number of nitrogens with one attached hydrogen (secondary N) is 1. The van der Waals surface area contributed by atoms with E-state index in [0.29, 0.717) is 25.1 Å². The van der Waals surface area contributed by atoms with E-state index in [1.165, 1.54) is 12.8 Å².